The molecule has 0 unspecified atom stereocenters. The smallest absolute Gasteiger partial charge is 0.331 e. The molecule has 2 rings (SSSR count). The lowest BCUT2D eigenvalue weighted by molar-refractivity contribution is -0.152. The van der Waals surface area contributed by atoms with Crippen LogP contribution in [0.25, 0.3) is 0 Å². The number of aliphatic hydroxyl groups excluding tert-OH is 1. The van der Waals surface area contributed by atoms with Gasteiger partial charge in [-0.1, -0.05) is 35.3 Å². The monoisotopic (exact) mass is 456 g/mol. The minimum Gasteiger partial charge on any atom is -0.454 e. The molecule has 2 atom stereocenters. The van der Waals surface area contributed by atoms with Crippen LogP contribution < -0.4 is 10.6 Å². The molecule has 0 aromatic heterocycles. The number of halogens is 3. The average Bonchev–Trinajstić information content (AvgIpc) is 2.70. The molecule has 30 heavy (non-hydrogen) atoms. The summed E-state index contributed by atoms with van der Waals surface area (Å²) in [5.41, 5.74) is 0.347. The molecule has 0 saturated heterocycles. The van der Waals surface area contributed by atoms with Crippen molar-refractivity contribution in [2.45, 2.75) is 25.6 Å². The first-order valence-electron chi connectivity index (χ1n) is 8.79. The molecule has 0 bridgehead atoms. The summed E-state index contributed by atoms with van der Waals surface area (Å²) in [6.07, 6.45) is -1.36. The van der Waals surface area contributed by atoms with E-state index in [1.807, 2.05) is 0 Å². The molecule has 2 amide bonds. The van der Waals surface area contributed by atoms with Crippen molar-refractivity contribution in [1.82, 2.24) is 10.6 Å². The van der Waals surface area contributed by atoms with E-state index in [9.17, 15) is 23.9 Å². The number of amides is 2. The van der Waals surface area contributed by atoms with Gasteiger partial charge < -0.3 is 20.5 Å². The number of hydrogen-bond donors (Lipinski definition) is 3. The molecule has 0 aliphatic rings. The Bertz CT molecular complexity index is 939. The fraction of sp³-hybridized carbons (Fsp3) is 0.250. The van der Waals surface area contributed by atoms with Gasteiger partial charge in [0, 0.05) is 16.6 Å². The molecule has 0 aliphatic heterocycles. The van der Waals surface area contributed by atoms with Gasteiger partial charge in [0.25, 0.3) is 11.8 Å². The molecule has 2 aromatic carbocycles. The highest BCUT2D eigenvalue weighted by Crippen LogP contribution is 2.15. The number of aliphatic hydroxyl groups is 1. The standard InChI is InChI=1S/C20H19Cl2FN2O5/c1-11(26)18(25-19(28)15-8-14(22)5-6-16(15)23)20(29)30-10-17(27)24-9-12-3-2-4-13(21)7-12/h2-8,11,18,26H,9-10H2,1H3,(H,24,27)(H,25,28)/t11-,18-/m1/s1. The summed E-state index contributed by atoms with van der Waals surface area (Å²) in [5, 5.41) is 15.2. The summed E-state index contributed by atoms with van der Waals surface area (Å²) in [5.74, 6) is -3.48. The number of carbonyl (C=O) groups excluding carboxylic acids is 3. The molecule has 2 aromatic rings. The molecule has 0 fully saturated rings. The quantitative estimate of drug-likeness (QED) is 0.529. The minimum absolute atomic E-state index is 0.120. The maximum atomic E-state index is 13.8. The fourth-order valence-electron chi connectivity index (χ4n) is 2.39. The van der Waals surface area contributed by atoms with Crippen LogP contribution in [-0.2, 0) is 20.9 Å². The van der Waals surface area contributed by atoms with Gasteiger partial charge in [-0.2, -0.15) is 0 Å². The lowest BCUT2D eigenvalue weighted by Gasteiger charge is -2.20. The van der Waals surface area contributed by atoms with Crippen LogP contribution in [0.2, 0.25) is 10.0 Å². The number of hydrogen-bond acceptors (Lipinski definition) is 5. The number of carbonyl (C=O) groups is 3. The van der Waals surface area contributed by atoms with E-state index in [-0.39, 0.29) is 11.6 Å². The molecule has 10 heteroatoms. The van der Waals surface area contributed by atoms with Crippen LogP contribution in [0.15, 0.2) is 42.5 Å². The summed E-state index contributed by atoms with van der Waals surface area (Å²) in [4.78, 5) is 36.3. The molecular weight excluding hydrogens is 438 g/mol. The summed E-state index contributed by atoms with van der Waals surface area (Å²) >= 11 is 11.6. The van der Waals surface area contributed by atoms with E-state index in [2.05, 4.69) is 10.6 Å². The van der Waals surface area contributed by atoms with Crippen LogP contribution in [-0.4, -0.2) is 41.6 Å². The Morgan fingerprint density at radius 3 is 2.50 bits per heavy atom. The van der Waals surface area contributed by atoms with Crippen LogP contribution in [0.3, 0.4) is 0 Å². The first-order chi connectivity index (χ1) is 14.2. The highest BCUT2D eigenvalue weighted by Gasteiger charge is 2.29. The molecule has 0 spiro atoms. The zero-order chi connectivity index (χ0) is 22.3. The molecule has 0 saturated carbocycles. The van der Waals surface area contributed by atoms with E-state index < -0.39 is 47.9 Å². The Balaban J connectivity index is 1.91. The van der Waals surface area contributed by atoms with Crippen molar-refractivity contribution in [2.24, 2.45) is 0 Å². The maximum absolute atomic E-state index is 13.8. The third kappa shape index (κ3) is 6.98. The van der Waals surface area contributed by atoms with E-state index in [0.717, 1.165) is 17.7 Å². The Morgan fingerprint density at radius 1 is 1.13 bits per heavy atom. The summed E-state index contributed by atoms with van der Waals surface area (Å²) in [7, 11) is 0. The highest BCUT2D eigenvalue weighted by molar-refractivity contribution is 6.31. The van der Waals surface area contributed by atoms with Crippen molar-refractivity contribution in [3.63, 3.8) is 0 Å². The summed E-state index contributed by atoms with van der Waals surface area (Å²) in [6.45, 7) is 0.769. The predicted molar refractivity (Wildman–Crippen MR) is 109 cm³/mol. The van der Waals surface area contributed by atoms with E-state index in [4.69, 9.17) is 27.9 Å². The average molecular weight is 457 g/mol. The zero-order valence-electron chi connectivity index (χ0n) is 15.8. The molecule has 160 valence electrons. The van der Waals surface area contributed by atoms with Crippen molar-refractivity contribution in [2.75, 3.05) is 6.61 Å². The van der Waals surface area contributed by atoms with Crippen molar-refractivity contribution in [1.29, 1.82) is 0 Å². The molecule has 0 aliphatic carbocycles. The first-order valence-corrected chi connectivity index (χ1v) is 9.54. The van der Waals surface area contributed by atoms with Gasteiger partial charge >= 0.3 is 5.97 Å². The minimum atomic E-state index is -1.52. The number of esters is 1. The summed E-state index contributed by atoms with van der Waals surface area (Å²) in [6, 6.07) is 8.66. The molecular formula is C20H19Cl2FN2O5. The second-order valence-corrected chi connectivity index (χ2v) is 7.20. The molecule has 0 heterocycles. The highest BCUT2D eigenvalue weighted by atomic mass is 35.5. The SMILES string of the molecule is C[C@@H](O)[C@@H](NC(=O)c1cc(Cl)ccc1F)C(=O)OCC(=O)NCc1cccc(Cl)c1. The number of benzene rings is 2. The van der Waals surface area contributed by atoms with Crippen molar-refractivity contribution < 1.29 is 28.6 Å². The van der Waals surface area contributed by atoms with Gasteiger partial charge in [0.1, 0.15) is 5.82 Å². The van der Waals surface area contributed by atoms with Gasteiger partial charge in [-0.3, -0.25) is 9.59 Å². The van der Waals surface area contributed by atoms with E-state index in [1.165, 1.54) is 13.0 Å². The van der Waals surface area contributed by atoms with Crippen LogP contribution in [0.4, 0.5) is 4.39 Å². The first kappa shape index (κ1) is 23.6. The predicted octanol–water partition coefficient (Wildman–Crippen LogP) is 2.47. The van der Waals surface area contributed by atoms with E-state index in [1.54, 1.807) is 24.3 Å². The molecule has 0 radical (unpaired) electrons. The Kier molecular flexibility index (Phi) is 8.58. The van der Waals surface area contributed by atoms with Gasteiger partial charge in [-0.25, -0.2) is 9.18 Å². The topological polar surface area (TPSA) is 105 Å². The van der Waals surface area contributed by atoms with Gasteiger partial charge in [-0.05, 0) is 42.8 Å². The Labute approximate surface area is 182 Å². The summed E-state index contributed by atoms with van der Waals surface area (Å²) < 4.78 is 18.7. The van der Waals surface area contributed by atoms with Crippen LogP contribution in [0.1, 0.15) is 22.8 Å². The number of nitrogens with one attached hydrogen (secondary N) is 2. The lowest BCUT2D eigenvalue weighted by atomic mass is 10.1. The van der Waals surface area contributed by atoms with Crippen molar-refractivity contribution >= 4 is 41.0 Å². The fourth-order valence-corrected chi connectivity index (χ4v) is 2.78. The third-order valence-electron chi connectivity index (χ3n) is 3.92. The largest absolute Gasteiger partial charge is 0.454 e. The molecule has 7 nitrogen and oxygen atoms in total. The van der Waals surface area contributed by atoms with E-state index >= 15 is 0 Å². The van der Waals surface area contributed by atoms with Gasteiger partial charge in [0.05, 0.1) is 11.7 Å². The van der Waals surface area contributed by atoms with Crippen LogP contribution in [0, 0.1) is 5.82 Å². The zero-order valence-corrected chi connectivity index (χ0v) is 17.3. The van der Waals surface area contributed by atoms with Gasteiger partial charge in [0.15, 0.2) is 12.6 Å². The van der Waals surface area contributed by atoms with Crippen LogP contribution in [0.5, 0.6) is 0 Å². The lowest BCUT2D eigenvalue weighted by Crippen LogP contribution is -2.49. The third-order valence-corrected chi connectivity index (χ3v) is 4.39. The second-order valence-electron chi connectivity index (χ2n) is 6.33. The Morgan fingerprint density at radius 2 is 1.83 bits per heavy atom. The molecule has 3 N–H and O–H groups in total. The van der Waals surface area contributed by atoms with Gasteiger partial charge in [-0.15, -0.1) is 0 Å². The van der Waals surface area contributed by atoms with E-state index in [0.29, 0.717) is 5.02 Å². The normalized spacial score (nSPS) is 12.6. The Hall–Kier alpha value is -2.68. The van der Waals surface area contributed by atoms with Crippen molar-refractivity contribution in [3.05, 3.63) is 69.5 Å². The number of rotatable bonds is 8. The maximum Gasteiger partial charge on any atom is 0.331 e. The van der Waals surface area contributed by atoms with Gasteiger partial charge in [0.2, 0.25) is 0 Å². The second kappa shape index (κ2) is 10.9. The number of ether oxygens (including phenoxy) is 1. The van der Waals surface area contributed by atoms with Crippen molar-refractivity contribution in [3.8, 4) is 0 Å². The van der Waals surface area contributed by atoms with Crippen LogP contribution >= 0.6 is 23.2 Å².